The third-order valence-corrected chi connectivity index (χ3v) is 6.44. The van der Waals surface area contributed by atoms with Gasteiger partial charge in [-0.2, -0.15) is 4.31 Å². The van der Waals surface area contributed by atoms with E-state index in [-0.39, 0.29) is 18.1 Å². The van der Waals surface area contributed by atoms with Crippen molar-refractivity contribution in [2.24, 2.45) is 0 Å². The largest absolute Gasteiger partial charge is 0.441 e. The van der Waals surface area contributed by atoms with Crippen LogP contribution in [0.4, 0.5) is 0 Å². The molecule has 1 fully saturated rings. The summed E-state index contributed by atoms with van der Waals surface area (Å²) in [6, 6.07) is 5.57. The summed E-state index contributed by atoms with van der Waals surface area (Å²) in [4.78, 5) is 18.5. The number of fused-ring (bicyclic) bond motifs is 1. The number of aromatic nitrogens is 1. The van der Waals surface area contributed by atoms with Gasteiger partial charge < -0.3 is 9.32 Å². The minimum atomic E-state index is -3.19. The summed E-state index contributed by atoms with van der Waals surface area (Å²) in [5.74, 6) is 0.767. The highest BCUT2D eigenvalue weighted by atomic mass is 32.2. The summed E-state index contributed by atoms with van der Waals surface area (Å²) in [7, 11) is -3.19. The fourth-order valence-corrected chi connectivity index (χ4v) is 4.58. The van der Waals surface area contributed by atoms with Crippen molar-refractivity contribution in [2.45, 2.75) is 26.7 Å². The molecule has 0 radical (unpaired) electrons. The van der Waals surface area contributed by atoms with E-state index in [4.69, 9.17) is 4.42 Å². The molecule has 2 aromatic rings. The van der Waals surface area contributed by atoms with Crippen LogP contribution in [0.25, 0.3) is 11.1 Å². The average Bonchev–Trinajstić information content (AvgIpc) is 2.94. The van der Waals surface area contributed by atoms with Crippen LogP contribution in [0.5, 0.6) is 0 Å². The molecule has 3 rings (SSSR count). The predicted molar refractivity (Wildman–Crippen MR) is 94.7 cm³/mol. The lowest BCUT2D eigenvalue weighted by atomic mass is 10.1. The number of hydrogen-bond donors (Lipinski definition) is 0. The second-order valence-corrected chi connectivity index (χ2v) is 8.40. The molecule has 136 valence electrons. The van der Waals surface area contributed by atoms with Gasteiger partial charge in [-0.25, -0.2) is 13.4 Å². The Labute approximate surface area is 147 Å². The molecule has 1 aromatic heterocycles. The van der Waals surface area contributed by atoms with E-state index >= 15 is 0 Å². The number of amides is 1. The molecule has 0 saturated carbocycles. The van der Waals surface area contributed by atoms with Gasteiger partial charge in [-0.15, -0.1) is 0 Å². The van der Waals surface area contributed by atoms with E-state index in [1.807, 2.05) is 25.1 Å². The molecular formula is C17H23N3O4S. The second kappa shape index (κ2) is 7.13. The number of benzene rings is 1. The smallest absolute Gasteiger partial charge is 0.227 e. The van der Waals surface area contributed by atoms with Crippen molar-refractivity contribution in [3.8, 4) is 0 Å². The van der Waals surface area contributed by atoms with Gasteiger partial charge in [0.1, 0.15) is 5.52 Å². The zero-order valence-corrected chi connectivity index (χ0v) is 15.4. The summed E-state index contributed by atoms with van der Waals surface area (Å²) < 4.78 is 31.2. The molecule has 1 aliphatic rings. The maximum atomic E-state index is 12.5. The van der Waals surface area contributed by atoms with E-state index in [0.717, 1.165) is 11.1 Å². The second-order valence-electron chi connectivity index (χ2n) is 6.31. The van der Waals surface area contributed by atoms with Crippen LogP contribution in [0.2, 0.25) is 0 Å². The van der Waals surface area contributed by atoms with Gasteiger partial charge in [0.25, 0.3) is 0 Å². The predicted octanol–water partition coefficient (Wildman–Crippen LogP) is 1.56. The molecule has 0 bridgehead atoms. The van der Waals surface area contributed by atoms with Crippen molar-refractivity contribution >= 4 is 27.0 Å². The zero-order chi connectivity index (χ0) is 18.0. The molecule has 1 amide bonds. The van der Waals surface area contributed by atoms with Gasteiger partial charge in [0.05, 0.1) is 12.2 Å². The Bertz CT molecular complexity index is 867. The Morgan fingerprint density at radius 1 is 1.24 bits per heavy atom. The van der Waals surface area contributed by atoms with Gasteiger partial charge in [0.2, 0.25) is 15.9 Å². The molecule has 0 atom stereocenters. The Morgan fingerprint density at radius 2 is 1.96 bits per heavy atom. The van der Waals surface area contributed by atoms with E-state index in [1.165, 1.54) is 4.31 Å². The lowest BCUT2D eigenvalue weighted by molar-refractivity contribution is -0.131. The standard InChI is InChI=1S/C17H23N3O4S/c1-3-10-25(22,23)20-8-6-19(7-9-20)17(21)12-14-4-5-15-16(11-14)24-13(2)18-15/h4-5,11H,3,6-10,12H2,1-2H3. The van der Waals surface area contributed by atoms with Gasteiger partial charge in [-0.1, -0.05) is 13.0 Å². The molecule has 1 aliphatic heterocycles. The maximum Gasteiger partial charge on any atom is 0.227 e. The molecule has 2 heterocycles. The van der Waals surface area contributed by atoms with Gasteiger partial charge in [-0.3, -0.25) is 4.79 Å². The molecule has 0 aliphatic carbocycles. The van der Waals surface area contributed by atoms with E-state index < -0.39 is 10.0 Å². The molecule has 0 N–H and O–H groups in total. The quantitative estimate of drug-likeness (QED) is 0.803. The zero-order valence-electron chi connectivity index (χ0n) is 14.6. The molecule has 7 nitrogen and oxygen atoms in total. The first kappa shape index (κ1) is 17.9. The Kier molecular flexibility index (Phi) is 5.10. The number of carbonyl (C=O) groups excluding carboxylic acids is 1. The van der Waals surface area contributed by atoms with Gasteiger partial charge >= 0.3 is 0 Å². The van der Waals surface area contributed by atoms with Crippen LogP contribution in [0, 0.1) is 6.92 Å². The molecule has 0 unspecified atom stereocenters. The van der Waals surface area contributed by atoms with Crippen molar-refractivity contribution in [2.75, 3.05) is 31.9 Å². The minimum Gasteiger partial charge on any atom is -0.441 e. The van der Waals surface area contributed by atoms with E-state index in [2.05, 4.69) is 4.98 Å². The maximum absolute atomic E-state index is 12.5. The Balaban J connectivity index is 1.60. The number of nitrogens with zero attached hydrogens (tertiary/aromatic N) is 3. The van der Waals surface area contributed by atoms with Crippen LogP contribution < -0.4 is 0 Å². The van der Waals surface area contributed by atoms with Crippen LogP contribution in [0.3, 0.4) is 0 Å². The Morgan fingerprint density at radius 3 is 2.64 bits per heavy atom. The van der Waals surface area contributed by atoms with E-state index in [1.54, 1.807) is 11.8 Å². The normalized spacial score (nSPS) is 16.5. The summed E-state index contributed by atoms with van der Waals surface area (Å²) in [5.41, 5.74) is 2.33. The SMILES string of the molecule is CCCS(=O)(=O)N1CCN(C(=O)Cc2ccc3nc(C)oc3c2)CC1. The van der Waals surface area contributed by atoms with Crippen molar-refractivity contribution in [3.05, 3.63) is 29.7 Å². The summed E-state index contributed by atoms with van der Waals surface area (Å²) in [6.45, 7) is 5.25. The molecule has 8 heteroatoms. The van der Waals surface area contributed by atoms with Crippen molar-refractivity contribution in [3.63, 3.8) is 0 Å². The highest BCUT2D eigenvalue weighted by Gasteiger charge is 2.28. The van der Waals surface area contributed by atoms with Crippen molar-refractivity contribution < 1.29 is 17.6 Å². The summed E-state index contributed by atoms with van der Waals surface area (Å²) >= 11 is 0. The Hall–Kier alpha value is -1.93. The number of aryl methyl sites for hydroxylation is 1. The lowest BCUT2D eigenvalue weighted by Crippen LogP contribution is -2.51. The summed E-state index contributed by atoms with van der Waals surface area (Å²) in [5, 5.41) is 0. The van der Waals surface area contributed by atoms with Gasteiger partial charge in [0, 0.05) is 33.1 Å². The molecule has 1 saturated heterocycles. The molecule has 0 spiro atoms. The molecule has 25 heavy (non-hydrogen) atoms. The first-order valence-corrected chi connectivity index (χ1v) is 10.1. The highest BCUT2D eigenvalue weighted by molar-refractivity contribution is 7.89. The van der Waals surface area contributed by atoms with Gasteiger partial charge in [-0.05, 0) is 24.1 Å². The molecular weight excluding hydrogens is 342 g/mol. The van der Waals surface area contributed by atoms with Crippen LogP contribution in [0.15, 0.2) is 22.6 Å². The van der Waals surface area contributed by atoms with Crippen LogP contribution in [0.1, 0.15) is 24.8 Å². The topological polar surface area (TPSA) is 83.7 Å². The first-order valence-electron chi connectivity index (χ1n) is 8.50. The number of sulfonamides is 1. The third-order valence-electron chi connectivity index (χ3n) is 4.36. The van der Waals surface area contributed by atoms with E-state index in [9.17, 15) is 13.2 Å². The minimum absolute atomic E-state index is 0.00290. The lowest BCUT2D eigenvalue weighted by Gasteiger charge is -2.34. The van der Waals surface area contributed by atoms with Crippen molar-refractivity contribution in [1.82, 2.24) is 14.2 Å². The highest BCUT2D eigenvalue weighted by Crippen LogP contribution is 2.18. The number of hydrogen-bond acceptors (Lipinski definition) is 5. The van der Waals surface area contributed by atoms with Crippen LogP contribution in [-0.4, -0.2) is 60.4 Å². The van der Waals surface area contributed by atoms with Gasteiger partial charge in [0.15, 0.2) is 11.5 Å². The number of carbonyl (C=O) groups is 1. The fourth-order valence-electron chi connectivity index (χ4n) is 3.08. The third kappa shape index (κ3) is 4.01. The van der Waals surface area contributed by atoms with Crippen molar-refractivity contribution in [1.29, 1.82) is 0 Å². The summed E-state index contributed by atoms with van der Waals surface area (Å²) in [6.07, 6.45) is 0.877. The number of piperazine rings is 1. The van der Waals surface area contributed by atoms with Crippen LogP contribution >= 0.6 is 0 Å². The fraction of sp³-hybridized carbons (Fsp3) is 0.529. The van der Waals surface area contributed by atoms with E-state index in [0.29, 0.717) is 44.1 Å². The average molecular weight is 365 g/mol. The molecule has 1 aromatic carbocycles. The first-order chi connectivity index (χ1) is 11.9. The number of oxazole rings is 1. The monoisotopic (exact) mass is 365 g/mol. The number of rotatable bonds is 5. The van der Waals surface area contributed by atoms with Crippen LogP contribution in [-0.2, 0) is 21.2 Å².